The molecule has 0 fully saturated rings. The minimum absolute atomic E-state index is 0.169. The highest BCUT2D eigenvalue weighted by Crippen LogP contribution is 2.12. The molecule has 0 aliphatic carbocycles. The summed E-state index contributed by atoms with van der Waals surface area (Å²) in [5, 5.41) is 9.06. The first-order valence-corrected chi connectivity index (χ1v) is 6.77. The molecule has 2 aromatic rings. The largest absolute Gasteiger partial charge is 0.481 e. The number of hydrogen-bond donors (Lipinski definition) is 2. The highest BCUT2D eigenvalue weighted by Gasteiger charge is 2.22. The van der Waals surface area contributed by atoms with Gasteiger partial charge >= 0.3 is 5.97 Å². The second-order valence-corrected chi connectivity index (χ2v) is 4.99. The zero-order valence-electron chi connectivity index (χ0n) is 11.8. The van der Waals surface area contributed by atoms with Gasteiger partial charge in [0.05, 0.1) is 5.92 Å². The van der Waals surface area contributed by atoms with E-state index in [0.29, 0.717) is 12.2 Å². The number of aromatic amines is 1. The van der Waals surface area contributed by atoms with Gasteiger partial charge in [0.1, 0.15) is 5.69 Å². The smallest absolute Gasteiger partial charge is 0.308 e. The first-order valence-electron chi connectivity index (χ1n) is 6.77. The third-order valence-electron chi connectivity index (χ3n) is 3.25. The topological polar surface area (TPSA) is 73.4 Å². The summed E-state index contributed by atoms with van der Waals surface area (Å²) in [7, 11) is 0. The van der Waals surface area contributed by atoms with Gasteiger partial charge in [0.25, 0.3) is 5.91 Å². The zero-order valence-corrected chi connectivity index (χ0v) is 11.8. The van der Waals surface area contributed by atoms with E-state index in [4.69, 9.17) is 5.11 Å². The highest BCUT2D eigenvalue weighted by atomic mass is 16.4. The number of carbonyl (C=O) groups excluding carboxylic acids is 1. The summed E-state index contributed by atoms with van der Waals surface area (Å²) in [6.45, 7) is 2.15. The van der Waals surface area contributed by atoms with Crippen molar-refractivity contribution in [2.24, 2.45) is 5.92 Å². The van der Waals surface area contributed by atoms with E-state index < -0.39 is 11.9 Å². The predicted octanol–water partition coefficient (Wildman–Crippen LogP) is 2.38. The summed E-state index contributed by atoms with van der Waals surface area (Å²) < 4.78 is 0. The van der Waals surface area contributed by atoms with E-state index in [2.05, 4.69) is 4.98 Å². The van der Waals surface area contributed by atoms with E-state index >= 15 is 0 Å². The van der Waals surface area contributed by atoms with Gasteiger partial charge in [-0.05, 0) is 17.7 Å². The van der Waals surface area contributed by atoms with Crippen LogP contribution in [-0.2, 0) is 11.3 Å². The van der Waals surface area contributed by atoms with E-state index in [-0.39, 0.29) is 12.5 Å². The summed E-state index contributed by atoms with van der Waals surface area (Å²) in [6, 6.07) is 13.0. The molecule has 0 aliphatic rings. The Morgan fingerprint density at radius 3 is 2.48 bits per heavy atom. The number of aromatic nitrogens is 1. The van der Waals surface area contributed by atoms with Crippen LogP contribution in [0.15, 0.2) is 48.7 Å². The fourth-order valence-electron chi connectivity index (χ4n) is 2.07. The van der Waals surface area contributed by atoms with Gasteiger partial charge in [-0.25, -0.2) is 0 Å². The Bertz CT molecular complexity index is 593. The van der Waals surface area contributed by atoms with Crippen LogP contribution in [0.3, 0.4) is 0 Å². The third-order valence-corrected chi connectivity index (χ3v) is 3.25. The molecule has 0 saturated carbocycles. The molecule has 2 rings (SSSR count). The number of rotatable bonds is 6. The van der Waals surface area contributed by atoms with Crippen molar-refractivity contribution in [3.05, 3.63) is 59.9 Å². The summed E-state index contributed by atoms with van der Waals surface area (Å²) in [5.41, 5.74) is 1.43. The van der Waals surface area contributed by atoms with E-state index in [1.807, 2.05) is 30.3 Å². The van der Waals surface area contributed by atoms with E-state index in [1.54, 1.807) is 30.2 Å². The van der Waals surface area contributed by atoms with Crippen LogP contribution in [0.2, 0.25) is 0 Å². The first kappa shape index (κ1) is 14.8. The molecule has 1 amide bonds. The zero-order chi connectivity index (χ0) is 15.2. The average molecular weight is 286 g/mol. The number of nitrogens with zero attached hydrogens (tertiary/aromatic N) is 1. The predicted molar refractivity (Wildman–Crippen MR) is 78.8 cm³/mol. The van der Waals surface area contributed by atoms with Crippen molar-refractivity contribution in [3.63, 3.8) is 0 Å². The van der Waals surface area contributed by atoms with Crippen molar-refractivity contribution in [2.75, 3.05) is 6.54 Å². The highest BCUT2D eigenvalue weighted by molar-refractivity contribution is 5.92. The fraction of sp³-hybridized carbons (Fsp3) is 0.250. The van der Waals surface area contributed by atoms with Crippen LogP contribution >= 0.6 is 0 Å². The maximum absolute atomic E-state index is 12.5. The molecule has 21 heavy (non-hydrogen) atoms. The van der Waals surface area contributed by atoms with Crippen LogP contribution in [-0.4, -0.2) is 33.4 Å². The molecule has 0 spiro atoms. The fourth-order valence-corrected chi connectivity index (χ4v) is 2.07. The molecule has 110 valence electrons. The number of carboxylic acids is 1. The van der Waals surface area contributed by atoms with Crippen LogP contribution in [0.25, 0.3) is 0 Å². The lowest BCUT2D eigenvalue weighted by Crippen LogP contribution is -2.36. The number of amides is 1. The van der Waals surface area contributed by atoms with Gasteiger partial charge in [-0.2, -0.15) is 0 Å². The number of benzene rings is 1. The Morgan fingerprint density at radius 2 is 1.90 bits per heavy atom. The summed E-state index contributed by atoms with van der Waals surface area (Å²) >= 11 is 0. The van der Waals surface area contributed by atoms with Crippen molar-refractivity contribution < 1.29 is 14.7 Å². The maximum atomic E-state index is 12.5. The number of aliphatic carboxylic acids is 1. The second kappa shape index (κ2) is 6.74. The number of carboxylic acid groups (broad SMARTS) is 1. The monoisotopic (exact) mass is 286 g/mol. The van der Waals surface area contributed by atoms with Crippen molar-refractivity contribution in [1.29, 1.82) is 0 Å². The molecule has 0 saturated heterocycles. The lowest BCUT2D eigenvalue weighted by molar-refractivity contribution is -0.141. The van der Waals surface area contributed by atoms with Crippen molar-refractivity contribution in [3.8, 4) is 0 Å². The molecular formula is C16H18N2O3. The van der Waals surface area contributed by atoms with Crippen LogP contribution in [0.1, 0.15) is 23.0 Å². The minimum Gasteiger partial charge on any atom is -0.481 e. The standard InChI is InChI=1S/C16H18N2O3/c1-12(16(20)21)10-18(11-13-6-3-2-4-7-13)15(19)14-8-5-9-17-14/h2-9,12,17H,10-11H2,1H3,(H,20,21). The van der Waals surface area contributed by atoms with Gasteiger partial charge in [0.15, 0.2) is 0 Å². The molecule has 5 nitrogen and oxygen atoms in total. The molecule has 2 N–H and O–H groups in total. The van der Waals surface area contributed by atoms with Gasteiger partial charge in [0, 0.05) is 19.3 Å². The number of H-pyrrole nitrogens is 1. The second-order valence-electron chi connectivity index (χ2n) is 4.99. The quantitative estimate of drug-likeness (QED) is 0.856. The van der Waals surface area contributed by atoms with Crippen molar-refractivity contribution >= 4 is 11.9 Å². The van der Waals surface area contributed by atoms with Crippen molar-refractivity contribution in [2.45, 2.75) is 13.5 Å². The molecule has 1 aromatic heterocycles. The normalized spacial score (nSPS) is 11.9. The SMILES string of the molecule is CC(CN(Cc1ccccc1)C(=O)c1ccc[nH]1)C(=O)O. The van der Waals surface area contributed by atoms with Gasteiger partial charge < -0.3 is 15.0 Å². The lowest BCUT2D eigenvalue weighted by Gasteiger charge is -2.24. The molecule has 0 aliphatic heterocycles. The molecule has 1 unspecified atom stereocenters. The number of hydrogen-bond acceptors (Lipinski definition) is 2. The number of nitrogens with one attached hydrogen (secondary N) is 1. The van der Waals surface area contributed by atoms with Gasteiger partial charge in [0.2, 0.25) is 0 Å². The first-order chi connectivity index (χ1) is 10.1. The van der Waals surface area contributed by atoms with Gasteiger partial charge in [-0.15, -0.1) is 0 Å². The third kappa shape index (κ3) is 3.95. The Balaban J connectivity index is 2.17. The molecular weight excluding hydrogens is 268 g/mol. The molecule has 1 heterocycles. The van der Waals surface area contributed by atoms with Crippen LogP contribution in [0.5, 0.6) is 0 Å². The molecule has 1 aromatic carbocycles. The van der Waals surface area contributed by atoms with E-state index in [0.717, 1.165) is 5.56 Å². The lowest BCUT2D eigenvalue weighted by atomic mass is 10.1. The van der Waals surface area contributed by atoms with Crippen LogP contribution < -0.4 is 0 Å². The molecule has 0 radical (unpaired) electrons. The Morgan fingerprint density at radius 1 is 1.19 bits per heavy atom. The summed E-state index contributed by atoms with van der Waals surface area (Å²) in [4.78, 5) is 27.9. The number of carbonyl (C=O) groups is 2. The maximum Gasteiger partial charge on any atom is 0.308 e. The Labute approximate surface area is 123 Å². The van der Waals surface area contributed by atoms with Crippen LogP contribution in [0, 0.1) is 5.92 Å². The van der Waals surface area contributed by atoms with Gasteiger partial charge in [-0.3, -0.25) is 9.59 Å². The van der Waals surface area contributed by atoms with E-state index in [1.165, 1.54) is 0 Å². The van der Waals surface area contributed by atoms with Crippen molar-refractivity contribution in [1.82, 2.24) is 9.88 Å². The molecule has 5 heteroatoms. The Hall–Kier alpha value is -2.56. The minimum atomic E-state index is -0.910. The van der Waals surface area contributed by atoms with Crippen LogP contribution in [0.4, 0.5) is 0 Å². The Kier molecular flexibility index (Phi) is 4.77. The summed E-state index contributed by atoms with van der Waals surface area (Å²) in [6.07, 6.45) is 1.68. The average Bonchev–Trinajstić information content (AvgIpc) is 3.01. The molecule has 0 bridgehead atoms. The van der Waals surface area contributed by atoms with Gasteiger partial charge in [-0.1, -0.05) is 37.3 Å². The summed E-state index contributed by atoms with van der Waals surface area (Å²) in [5.74, 6) is -1.73. The van der Waals surface area contributed by atoms with E-state index in [9.17, 15) is 9.59 Å². The molecule has 1 atom stereocenters.